The van der Waals surface area contributed by atoms with Gasteiger partial charge >= 0.3 is 0 Å². The summed E-state index contributed by atoms with van der Waals surface area (Å²) in [4.78, 5) is 0. The van der Waals surface area contributed by atoms with E-state index in [0.29, 0.717) is 0 Å². The van der Waals surface area contributed by atoms with E-state index in [1.165, 1.54) is 0 Å². The van der Waals surface area contributed by atoms with Crippen LogP contribution in [0.3, 0.4) is 0 Å². The van der Waals surface area contributed by atoms with Crippen molar-refractivity contribution in [1.29, 1.82) is 0 Å². The van der Waals surface area contributed by atoms with Crippen molar-refractivity contribution < 1.29 is 2.74 Å². The zero-order chi connectivity index (χ0) is 5.91. The summed E-state index contributed by atoms with van der Waals surface area (Å²) >= 11 is 5.17. The summed E-state index contributed by atoms with van der Waals surface area (Å²) in [5, 5.41) is 0. The Hall–Kier alpha value is 0.540. The van der Waals surface area contributed by atoms with Crippen LogP contribution in [0.2, 0.25) is 0 Å². The Morgan fingerprint density at radius 1 is 1.83 bits per heavy atom. The summed E-state index contributed by atoms with van der Waals surface area (Å²) in [6.07, 6.45) is 0.217. The van der Waals surface area contributed by atoms with E-state index < -0.39 is 6.50 Å². The monoisotopic (exact) mass is 131 g/mol. The molecule has 0 aromatic carbocycles. The van der Waals surface area contributed by atoms with Crippen molar-refractivity contribution in [2.75, 3.05) is 12.4 Å². The average molecular weight is 132 g/mol. The fraction of sp³-hybridized carbons (Fsp3) is 1.00. The second kappa shape index (κ2) is 9.11. The fourth-order valence-electron chi connectivity index (χ4n) is 0.0546. The van der Waals surface area contributed by atoms with Gasteiger partial charge in [-0.1, -0.05) is 0 Å². The molecule has 0 unspecified atom stereocenters. The summed E-state index contributed by atoms with van der Waals surface area (Å²) in [6, 6.07) is 0. The number of alkyl halides is 1. The number of hydrogen-bond acceptors (Lipinski definition) is 1. The van der Waals surface area contributed by atoms with Crippen molar-refractivity contribution in [2.24, 2.45) is 5.73 Å². The van der Waals surface area contributed by atoms with E-state index in [9.17, 15) is 0 Å². The quantitative estimate of drug-likeness (QED) is 0.557. The van der Waals surface area contributed by atoms with Crippen LogP contribution in [-0.4, -0.2) is 12.4 Å². The van der Waals surface area contributed by atoms with Crippen LogP contribution in [0.25, 0.3) is 0 Å². The maximum atomic E-state index is 6.69. The Labute approximate surface area is 52.1 Å². The van der Waals surface area contributed by atoms with Gasteiger partial charge in [0.15, 0.2) is 0 Å². The Morgan fingerprint density at radius 2 is 2.33 bits per heavy atom. The van der Waals surface area contributed by atoms with Crippen LogP contribution in [0.15, 0.2) is 0 Å². The van der Waals surface area contributed by atoms with Crippen LogP contribution >= 0.6 is 24.0 Å². The first-order chi connectivity index (χ1) is 3.06. The predicted molar refractivity (Wildman–Crippen MR) is 31.6 cm³/mol. The highest BCUT2D eigenvalue weighted by Crippen LogP contribution is 1.76. The number of rotatable bonds is 2. The summed E-state index contributed by atoms with van der Waals surface area (Å²) in [7, 11) is 0. The van der Waals surface area contributed by atoms with Gasteiger partial charge in [-0.25, -0.2) is 0 Å². The fourth-order valence-corrected chi connectivity index (χ4v) is 0.164. The van der Waals surface area contributed by atoms with Gasteiger partial charge in [0, 0.05) is 8.62 Å². The Kier molecular flexibility index (Phi) is 7.13. The van der Waals surface area contributed by atoms with Crippen LogP contribution in [0, 0.1) is 0 Å². The molecule has 3 heteroatoms. The molecular weight excluding hydrogens is 121 g/mol. The lowest BCUT2D eigenvalue weighted by Crippen LogP contribution is -1.97. The number of halogens is 2. The third-order valence-corrected chi connectivity index (χ3v) is 0.428. The first kappa shape index (κ1) is 4.69. The van der Waals surface area contributed by atoms with Crippen molar-refractivity contribution >= 4 is 24.0 Å². The highest BCUT2D eigenvalue weighted by atomic mass is 35.5. The molecule has 2 N–H and O–H groups in total. The van der Waals surface area contributed by atoms with Gasteiger partial charge in [0.2, 0.25) is 0 Å². The topological polar surface area (TPSA) is 26.0 Å². The smallest absolute Gasteiger partial charge is 0.0426 e. The van der Waals surface area contributed by atoms with Crippen molar-refractivity contribution in [3.63, 3.8) is 0 Å². The van der Waals surface area contributed by atoms with E-state index in [4.69, 9.17) is 20.1 Å². The van der Waals surface area contributed by atoms with Gasteiger partial charge in [0.25, 0.3) is 0 Å². The highest BCUT2D eigenvalue weighted by Gasteiger charge is 1.70. The minimum atomic E-state index is -1.58. The molecule has 1 nitrogen and oxygen atoms in total. The van der Waals surface area contributed by atoms with E-state index in [2.05, 4.69) is 0 Å². The molecule has 0 amide bonds. The standard InChI is InChI=1S/C3H8ClN.ClH/c4-2-1-3-5;/h1-3,5H2;1H/i3D2;. The summed E-state index contributed by atoms with van der Waals surface area (Å²) in [6.45, 7) is -1.58. The molecule has 0 spiro atoms. The summed E-state index contributed by atoms with van der Waals surface area (Å²) < 4.78 is 13.4. The maximum Gasteiger partial charge on any atom is 0.0426 e. The second-order valence-corrected chi connectivity index (χ2v) is 1.02. The molecule has 0 rings (SSSR count). The second-order valence-electron chi connectivity index (χ2n) is 0.643. The number of hydrogen-bond donors (Lipinski definition) is 1. The van der Waals surface area contributed by atoms with Gasteiger partial charge in [0.05, 0.1) is 0 Å². The van der Waals surface area contributed by atoms with E-state index >= 15 is 0 Å². The van der Waals surface area contributed by atoms with Crippen molar-refractivity contribution in [2.45, 2.75) is 6.42 Å². The van der Waals surface area contributed by atoms with Gasteiger partial charge in [-0.05, 0) is 12.9 Å². The first-order valence-electron chi connectivity index (χ1n) is 2.41. The third-order valence-electron chi connectivity index (χ3n) is 0.239. The van der Waals surface area contributed by atoms with E-state index in [1.54, 1.807) is 0 Å². The Balaban J connectivity index is 0. The van der Waals surface area contributed by atoms with Crippen LogP contribution in [0.1, 0.15) is 9.16 Å². The van der Waals surface area contributed by atoms with Crippen LogP contribution < -0.4 is 5.73 Å². The molecule has 0 aromatic rings. The molecule has 0 saturated carbocycles. The zero-order valence-electron chi connectivity index (χ0n) is 5.28. The van der Waals surface area contributed by atoms with Crippen molar-refractivity contribution in [1.82, 2.24) is 0 Å². The Morgan fingerprint density at radius 3 is 2.33 bits per heavy atom. The maximum absolute atomic E-state index is 6.69. The molecule has 6 heavy (non-hydrogen) atoms. The minimum Gasteiger partial charge on any atom is -0.330 e. The molecule has 0 heterocycles. The SMILES string of the molecule is Cl.[2H]C([2H])(N)CCCl. The molecule has 0 aliphatic carbocycles. The summed E-state index contributed by atoms with van der Waals surface area (Å²) in [5.41, 5.74) is 4.89. The lowest BCUT2D eigenvalue weighted by Gasteiger charge is -1.78. The molecule has 0 fully saturated rings. The van der Waals surface area contributed by atoms with Crippen LogP contribution in [0.4, 0.5) is 0 Å². The van der Waals surface area contributed by atoms with Gasteiger partial charge in [-0.2, -0.15) is 0 Å². The third kappa shape index (κ3) is 8.82. The van der Waals surface area contributed by atoms with Gasteiger partial charge in [-0.3, -0.25) is 0 Å². The minimum absolute atomic E-state index is 0. The predicted octanol–water partition coefficient (Wildman–Crippen LogP) is 0.996. The largest absolute Gasteiger partial charge is 0.330 e. The average Bonchev–Trinajstić information content (AvgIpc) is 1.30. The molecule has 0 aliphatic heterocycles. The van der Waals surface area contributed by atoms with E-state index in [0.717, 1.165) is 0 Å². The Bertz CT molecular complexity index is 53.7. The number of nitrogens with two attached hydrogens (primary N) is 1. The molecule has 0 bridgehead atoms. The van der Waals surface area contributed by atoms with E-state index in [1.807, 2.05) is 0 Å². The molecule has 0 aromatic heterocycles. The molecule has 0 aliphatic rings. The molecular formula is C3H9Cl2N. The molecule has 40 valence electrons. The van der Waals surface area contributed by atoms with Crippen LogP contribution in [-0.2, 0) is 0 Å². The van der Waals surface area contributed by atoms with Crippen molar-refractivity contribution in [3.8, 4) is 0 Å². The molecule has 0 atom stereocenters. The summed E-state index contributed by atoms with van der Waals surface area (Å²) in [5.74, 6) is 0.281. The highest BCUT2D eigenvalue weighted by molar-refractivity contribution is 6.17. The normalized spacial score (nSPS) is 14.3. The first-order valence-corrected chi connectivity index (χ1v) is 1.94. The van der Waals surface area contributed by atoms with Gasteiger partial charge in [-0.15, -0.1) is 24.0 Å². The van der Waals surface area contributed by atoms with Crippen LogP contribution in [0.5, 0.6) is 0 Å². The molecule has 0 saturated heterocycles. The van der Waals surface area contributed by atoms with Gasteiger partial charge in [0.1, 0.15) is 0 Å². The lowest BCUT2D eigenvalue weighted by molar-refractivity contribution is 0.939. The molecule has 0 radical (unpaired) electrons. The zero-order valence-corrected chi connectivity index (χ0v) is 4.85. The van der Waals surface area contributed by atoms with E-state index in [-0.39, 0.29) is 24.7 Å². The van der Waals surface area contributed by atoms with Crippen molar-refractivity contribution in [3.05, 3.63) is 0 Å². The van der Waals surface area contributed by atoms with Gasteiger partial charge < -0.3 is 5.73 Å². The lowest BCUT2D eigenvalue weighted by atomic mass is 10.5.